The zero-order valence-corrected chi connectivity index (χ0v) is 69.6. The molecule has 0 spiro atoms. The third-order valence-electron chi connectivity index (χ3n) is 19.6. The maximum atomic E-state index is 13.1. The average Bonchev–Trinajstić information content (AvgIpc) is 0.908. The highest BCUT2D eigenvalue weighted by molar-refractivity contribution is 7.47. The summed E-state index contributed by atoms with van der Waals surface area (Å²) in [6.45, 7) is 11.9. The van der Waals surface area contributed by atoms with Crippen LogP contribution in [0.5, 0.6) is 0 Å². The van der Waals surface area contributed by atoms with E-state index >= 15 is 0 Å². The topological polar surface area (TPSA) is 237 Å². The fourth-order valence-electron chi connectivity index (χ4n) is 13.0. The number of rotatable bonds is 82. The molecule has 0 amide bonds. The molecule has 5 atom stereocenters. The van der Waals surface area contributed by atoms with Crippen molar-refractivity contribution in [1.82, 2.24) is 0 Å². The summed E-state index contributed by atoms with van der Waals surface area (Å²) in [5, 5.41) is 10.7. The summed E-state index contributed by atoms with van der Waals surface area (Å²) in [5.74, 6) is 0.193. The van der Waals surface area contributed by atoms with Gasteiger partial charge in [-0.3, -0.25) is 37.3 Å². The van der Waals surface area contributed by atoms with Crippen LogP contribution in [-0.2, 0) is 65.4 Å². The van der Waals surface area contributed by atoms with Gasteiger partial charge in [0.2, 0.25) is 0 Å². The summed E-state index contributed by atoms with van der Waals surface area (Å²) >= 11 is 0. The molecule has 0 aromatic carbocycles. The van der Waals surface area contributed by atoms with Crippen molar-refractivity contribution in [3.63, 3.8) is 0 Å². The molecule has 17 nitrogen and oxygen atoms in total. The molecule has 0 saturated carbocycles. The lowest BCUT2D eigenvalue weighted by molar-refractivity contribution is -0.161. The van der Waals surface area contributed by atoms with Crippen LogP contribution in [0, 0.1) is 17.8 Å². The number of phosphoric ester groups is 2. The first-order valence-corrected chi connectivity index (χ1v) is 46.3. The summed E-state index contributed by atoms with van der Waals surface area (Å²) < 4.78 is 68.8. The van der Waals surface area contributed by atoms with Gasteiger partial charge in [0.05, 0.1) is 26.4 Å². The van der Waals surface area contributed by atoms with E-state index < -0.39 is 97.5 Å². The van der Waals surface area contributed by atoms with Crippen LogP contribution in [0.4, 0.5) is 0 Å². The molecule has 0 fully saturated rings. The van der Waals surface area contributed by atoms with Gasteiger partial charge in [0.1, 0.15) is 19.3 Å². The summed E-state index contributed by atoms with van der Waals surface area (Å²) in [6.07, 6.45) is 64.0. The molecule has 3 N–H and O–H groups in total. The van der Waals surface area contributed by atoms with Crippen molar-refractivity contribution < 1.29 is 80.2 Å². The zero-order valence-electron chi connectivity index (χ0n) is 67.8. The molecular formula is C84H164O17P2. The Morgan fingerprint density at radius 2 is 0.447 bits per heavy atom. The number of ether oxygens (including phenoxy) is 4. The highest BCUT2D eigenvalue weighted by Gasteiger charge is 2.30. The number of aliphatic hydroxyl groups is 1. The lowest BCUT2D eigenvalue weighted by atomic mass is 10.0. The van der Waals surface area contributed by atoms with Gasteiger partial charge in [-0.15, -0.1) is 0 Å². The Morgan fingerprint density at radius 1 is 0.262 bits per heavy atom. The largest absolute Gasteiger partial charge is 0.472 e. The van der Waals surface area contributed by atoms with Crippen LogP contribution in [0.3, 0.4) is 0 Å². The maximum absolute atomic E-state index is 13.1. The summed E-state index contributed by atoms with van der Waals surface area (Å²) in [7, 11) is -9.92. The standard InChI is InChI=1S/C84H164O17P2/c1-8-9-10-11-12-13-14-15-16-23-29-34-39-44-53-60-68-84(89)101-80(72-95-82(87)66-59-52-47-46-50-57-64-77(6)7)74-99-103(92,93)97-70-78(85)69-96-102(90,91)98-73-79(100-83(88)67-61-54-45-40-35-30-25-20-18-22-27-32-37-42-49-56-63-76(4)5)71-94-81(86)65-58-51-43-38-33-28-24-19-17-21-26-31-36-41-48-55-62-75(2)3/h75-80,85H,8-74H2,1-7H3,(H,90,91)(H,92,93)/t78-,79-,80-/m1/s1. The van der Waals surface area contributed by atoms with Crippen LogP contribution < -0.4 is 0 Å². The van der Waals surface area contributed by atoms with Gasteiger partial charge in [-0.05, 0) is 43.4 Å². The minimum Gasteiger partial charge on any atom is -0.462 e. The molecule has 0 rings (SSSR count). The van der Waals surface area contributed by atoms with Gasteiger partial charge in [0.25, 0.3) is 0 Å². The van der Waals surface area contributed by atoms with E-state index in [-0.39, 0.29) is 25.7 Å². The van der Waals surface area contributed by atoms with E-state index in [4.69, 9.17) is 37.0 Å². The van der Waals surface area contributed by atoms with Crippen molar-refractivity contribution in [3.05, 3.63) is 0 Å². The molecule has 612 valence electrons. The molecule has 0 bridgehead atoms. The normalized spacial score (nSPS) is 13.9. The number of hydrogen-bond donors (Lipinski definition) is 3. The maximum Gasteiger partial charge on any atom is 0.472 e. The van der Waals surface area contributed by atoms with Crippen LogP contribution in [0.1, 0.15) is 440 Å². The van der Waals surface area contributed by atoms with E-state index in [2.05, 4.69) is 48.5 Å². The van der Waals surface area contributed by atoms with Gasteiger partial charge in [-0.1, -0.05) is 389 Å². The fourth-order valence-corrected chi connectivity index (χ4v) is 14.6. The van der Waals surface area contributed by atoms with Crippen LogP contribution in [0.25, 0.3) is 0 Å². The third-order valence-corrected chi connectivity index (χ3v) is 21.5. The first-order chi connectivity index (χ1) is 49.7. The molecule has 0 aliphatic rings. The minimum atomic E-state index is -4.96. The second-order valence-corrected chi connectivity index (χ2v) is 34.6. The fraction of sp³-hybridized carbons (Fsp3) is 0.952. The number of carbonyl (C=O) groups excluding carboxylic acids is 4. The lowest BCUT2D eigenvalue weighted by Crippen LogP contribution is -2.30. The van der Waals surface area contributed by atoms with Gasteiger partial charge < -0.3 is 33.8 Å². The number of hydrogen-bond acceptors (Lipinski definition) is 15. The molecule has 19 heteroatoms. The Labute approximate surface area is 632 Å². The molecule has 0 radical (unpaired) electrons. The molecule has 2 unspecified atom stereocenters. The third kappa shape index (κ3) is 78.0. The molecule has 0 heterocycles. The quantitative estimate of drug-likeness (QED) is 0.0222. The number of unbranched alkanes of at least 4 members (excludes halogenated alkanes) is 50. The van der Waals surface area contributed by atoms with Crippen LogP contribution in [0.15, 0.2) is 0 Å². The number of esters is 4. The van der Waals surface area contributed by atoms with Crippen molar-refractivity contribution in [2.45, 2.75) is 458 Å². The van der Waals surface area contributed by atoms with Crippen molar-refractivity contribution in [1.29, 1.82) is 0 Å². The first kappa shape index (κ1) is 101. The number of phosphoric acid groups is 2. The van der Waals surface area contributed by atoms with E-state index in [1.54, 1.807) is 0 Å². The van der Waals surface area contributed by atoms with Crippen LogP contribution in [-0.4, -0.2) is 96.7 Å². The van der Waals surface area contributed by atoms with Crippen LogP contribution in [0.2, 0.25) is 0 Å². The van der Waals surface area contributed by atoms with Gasteiger partial charge in [-0.25, -0.2) is 9.13 Å². The van der Waals surface area contributed by atoms with Gasteiger partial charge in [0.15, 0.2) is 12.2 Å². The number of carbonyl (C=O) groups is 4. The summed E-state index contributed by atoms with van der Waals surface area (Å²) in [5.41, 5.74) is 0. The second-order valence-electron chi connectivity index (χ2n) is 31.6. The summed E-state index contributed by atoms with van der Waals surface area (Å²) in [4.78, 5) is 73.1. The van der Waals surface area contributed by atoms with Crippen LogP contribution >= 0.6 is 15.6 Å². The van der Waals surface area contributed by atoms with E-state index in [0.717, 1.165) is 108 Å². The Kier molecular flexibility index (Phi) is 72.8. The molecule has 0 aliphatic heterocycles. The molecule has 0 aliphatic carbocycles. The van der Waals surface area contributed by atoms with E-state index in [9.17, 15) is 43.2 Å². The predicted octanol–water partition coefficient (Wildman–Crippen LogP) is 25.3. The summed E-state index contributed by atoms with van der Waals surface area (Å²) in [6, 6.07) is 0. The average molecular weight is 1510 g/mol. The van der Waals surface area contributed by atoms with Crippen molar-refractivity contribution >= 4 is 39.5 Å². The zero-order chi connectivity index (χ0) is 75.8. The lowest BCUT2D eigenvalue weighted by Gasteiger charge is -2.21. The SMILES string of the molecule is CCCCCCCCCCCCCCCCCCC(=O)O[C@H](COC(=O)CCCCCCCCC(C)C)COP(=O)(O)OC[C@H](O)COP(=O)(O)OC[C@@H](COC(=O)CCCCCCCCCCCCCCCCCCC(C)C)OC(=O)CCCCCCCCCCCCCCCCCCC(C)C. The van der Waals surface area contributed by atoms with E-state index in [1.807, 2.05) is 0 Å². The molecule has 103 heavy (non-hydrogen) atoms. The monoisotopic (exact) mass is 1510 g/mol. The Bertz CT molecular complexity index is 1990. The first-order valence-electron chi connectivity index (χ1n) is 43.3. The van der Waals surface area contributed by atoms with Crippen molar-refractivity contribution in [3.8, 4) is 0 Å². The van der Waals surface area contributed by atoms with Crippen molar-refractivity contribution in [2.75, 3.05) is 39.6 Å². The van der Waals surface area contributed by atoms with Gasteiger partial charge in [0, 0.05) is 25.7 Å². The Hall–Kier alpha value is -1.94. The molecule has 0 aromatic heterocycles. The number of aliphatic hydroxyl groups excluding tert-OH is 1. The minimum absolute atomic E-state index is 0.107. The van der Waals surface area contributed by atoms with E-state index in [0.29, 0.717) is 31.6 Å². The predicted molar refractivity (Wildman–Crippen MR) is 423 cm³/mol. The highest BCUT2D eigenvalue weighted by atomic mass is 31.2. The van der Waals surface area contributed by atoms with Crippen molar-refractivity contribution in [2.24, 2.45) is 17.8 Å². The van der Waals surface area contributed by atoms with Gasteiger partial charge >= 0.3 is 39.5 Å². The molecule has 0 saturated heterocycles. The second kappa shape index (κ2) is 74.2. The highest BCUT2D eigenvalue weighted by Crippen LogP contribution is 2.45. The molecule has 0 aromatic rings. The van der Waals surface area contributed by atoms with Gasteiger partial charge in [-0.2, -0.15) is 0 Å². The Balaban J connectivity index is 5.22. The smallest absolute Gasteiger partial charge is 0.462 e. The Morgan fingerprint density at radius 3 is 0.660 bits per heavy atom. The van der Waals surface area contributed by atoms with E-state index in [1.165, 1.54) is 244 Å². The molecular weight excluding hydrogens is 1340 g/mol.